The number of rotatable bonds is 8. The molecule has 3 N–H and O–H groups in total. The van der Waals surface area contributed by atoms with Crippen molar-refractivity contribution >= 4 is 27.2 Å². The summed E-state index contributed by atoms with van der Waals surface area (Å²) in [6.07, 6.45) is 2.62. The van der Waals surface area contributed by atoms with E-state index in [0.717, 1.165) is 30.4 Å². The Labute approximate surface area is 126 Å². The van der Waals surface area contributed by atoms with E-state index in [1.165, 1.54) is 0 Å². The second-order valence-corrected chi connectivity index (χ2v) is 7.03. The topological polar surface area (TPSA) is 72.2 Å². The number of thiocarbonyl (C=S) groups is 1. The van der Waals surface area contributed by atoms with E-state index in [4.69, 9.17) is 18.0 Å². The smallest absolute Gasteiger partial charge is 0.216 e. The molecular weight excluding hydrogens is 292 g/mol. The Hall–Kier alpha value is -0.980. The van der Waals surface area contributed by atoms with Crippen LogP contribution in [0.25, 0.3) is 0 Å². The molecular formula is C14H22N2O2S2. The van der Waals surface area contributed by atoms with Gasteiger partial charge in [-0.1, -0.05) is 56.8 Å². The lowest BCUT2D eigenvalue weighted by Crippen LogP contribution is -2.35. The molecule has 0 bridgehead atoms. The summed E-state index contributed by atoms with van der Waals surface area (Å²) in [5, 5.41) is 0. The molecule has 1 aromatic rings. The Balaban J connectivity index is 2.72. The van der Waals surface area contributed by atoms with Crippen molar-refractivity contribution in [2.24, 2.45) is 5.73 Å². The standard InChI is InChI=1S/C14H22N2O2S2/c1-3-5-13(4-2)16-20(17,18)10-11-6-8-12(9-7-11)14(15)19/h6-9,13,16H,3-5,10H2,1-2H3,(H2,15,19). The molecule has 0 aromatic heterocycles. The molecule has 1 rings (SSSR count). The average molecular weight is 314 g/mol. The van der Waals surface area contributed by atoms with Gasteiger partial charge in [0.25, 0.3) is 0 Å². The van der Waals surface area contributed by atoms with E-state index in [-0.39, 0.29) is 11.8 Å². The summed E-state index contributed by atoms with van der Waals surface area (Å²) in [5.41, 5.74) is 6.98. The summed E-state index contributed by atoms with van der Waals surface area (Å²) in [5.74, 6) is -0.0230. The highest BCUT2D eigenvalue weighted by atomic mass is 32.2. The van der Waals surface area contributed by atoms with Crippen LogP contribution in [-0.2, 0) is 15.8 Å². The molecule has 1 atom stereocenters. The first-order valence-electron chi connectivity index (χ1n) is 6.76. The maximum absolute atomic E-state index is 12.1. The number of benzene rings is 1. The molecule has 0 amide bonds. The fraction of sp³-hybridized carbons (Fsp3) is 0.500. The van der Waals surface area contributed by atoms with Crippen LogP contribution in [-0.4, -0.2) is 19.4 Å². The van der Waals surface area contributed by atoms with Crippen molar-refractivity contribution in [3.05, 3.63) is 35.4 Å². The summed E-state index contributed by atoms with van der Waals surface area (Å²) < 4.78 is 27.0. The van der Waals surface area contributed by atoms with Crippen LogP contribution in [0.1, 0.15) is 44.2 Å². The van der Waals surface area contributed by atoms with Gasteiger partial charge in [-0.25, -0.2) is 13.1 Å². The second kappa shape index (κ2) is 7.71. The van der Waals surface area contributed by atoms with Gasteiger partial charge >= 0.3 is 0 Å². The third kappa shape index (κ3) is 5.56. The van der Waals surface area contributed by atoms with Crippen molar-refractivity contribution in [2.75, 3.05) is 0 Å². The summed E-state index contributed by atoms with van der Waals surface area (Å²) in [7, 11) is -3.32. The van der Waals surface area contributed by atoms with E-state index in [0.29, 0.717) is 4.99 Å². The fourth-order valence-electron chi connectivity index (χ4n) is 1.98. The molecule has 0 saturated heterocycles. The third-order valence-electron chi connectivity index (χ3n) is 3.07. The number of sulfonamides is 1. The Morgan fingerprint density at radius 1 is 1.30 bits per heavy atom. The van der Waals surface area contributed by atoms with Crippen LogP contribution < -0.4 is 10.5 Å². The largest absolute Gasteiger partial charge is 0.389 e. The van der Waals surface area contributed by atoms with E-state index in [9.17, 15) is 8.42 Å². The van der Waals surface area contributed by atoms with Gasteiger partial charge in [0.05, 0.1) is 5.75 Å². The predicted molar refractivity (Wildman–Crippen MR) is 87.1 cm³/mol. The van der Waals surface area contributed by atoms with Crippen molar-refractivity contribution in [1.82, 2.24) is 4.72 Å². The zero-order valence-electron chi connectivity index (χ0n) is 11.9. The Morgan fingerprint density at radius 2 is 1.90 bits per heavy atom. The van der Waals surface area contributed by atoms with E-state index < -0.39 is 10.0 Å². The predicted octanol–water partition coefficient (Wildman–Crippen LogP) is 2.32. The molecule has 6 heteroatoms. The minimum absolute atomic E-state index is 0.0147. The van der Waals surface area contributed by atoms with E-state index in [1.807, 2.05) is 13.8 Å². The molecule has 4 nitrogen and oxygen atoms in total. The molecule has 0 aliphatic heterocycles. The number of nitrogens with two attached hydrogens (primary N) is 1. The first-order valence-corrected chi connectivity index (χ1v) is 8.82. The SMILES string of the molecule is CCCC(CC)NS(=O)(=O)Cc1ccc(C(N)=S)cc1. The monoisotopic (exact) mass is 314 g/mol. The molecule has 20 heavy (non-hydrogen) atoms. The lowest BCUT2D eigenvalue weighted by Gasteiger charge is -2.16. The van der Waals surface area contributed by atoms with Gasteiger partial charge in [-0.3, -0.25) is 0 Å². The van der Waals surface area contributed by atoms with Crippen LogP contribution in [0, 0.1) is 0 Å². The first kappa shape index (κ1) is 17.1. The molecule has 0 fully saturated rings. The van der Waals surface area contributed by atoms with E-state index in [1.54, 1.807) is 24.3 Å². The fourth-order valence-corrected chi connectivity index (χ4v) is 3.62. The van der Waals surface area contributed by atoms with Crippen LogP contribution >= 0.6 is 12.2 Å². The Morgan fingerprint density at radius 3 is 2.35 bits per heavy atom. The minimum atomic E-state index is -3.32. The van der Waals surface area contributed by atoms with Gasteiger partial charge in [-0.15, -0.1) is 0 Å². The average Bonchev–Trinajstić information content (AvgIpc) is 2.38. The molecule has 0 aliphatic carbocycles. The molecule has 1 unspecified atom stereocenters. The van der Waals surface area contributed by atoms with Crippen molar-refractivity contribution in [3.8, 4) is 0 Å². The third-order valence-corrected chi connectivity index (χ3v) is 4.71. The van der Waals surface area contributed by atoms with Crippen LogP contribution in [0.15, 0.2) is 24.3 Å². The molecule has 112 valence electrons. The van der Waals surface area contributed by atoms with Crippen LogP contribution in [0.2, 0.25) is 0 Å². The highest BCUT2D eigenvalue weighted by Crippen LogP contribution is 2.10. The van der Waals surface area contributed by atoms with Crippen LogP contribution in [0.3, 0.4) is 0 Å². The van der Waals surface area contributed by atoms with Gasteiger partial charge < -0.3 is 5.73 Å². The maximum atomic E-state index is 12.1. The number of nitrogens with one attached hydrogen (secondary N) is 1. The van der Waals surface area contributed by atoms with E-state index >= 15 is 0 Å². The quantitative estimate of drug-likeness (QED) is 0.722. The Kier molecular flexibility index (Phi) is 6.58. The van der Waals surface area contributed by atoms with Gasteiger partial charge in [-0.05, 0) is 18.4 Å². The first-order chi connectivity index (χ1) is 9.38. The molecule has 0 aliphatic rings. The van der Waals surface area contributed by atoms with Crippen molar-refractivity contribution < 1.29 is 8.42 Å². The summed E-state index contributed by atoms with van der Waals surface area (Å²) in [6, 6.07) is 7.00. The normalized spacial score (nSPS) is 13.1. The van der Waals surface area contributed by atoms with Gasteiger partial charge in [0.2, 0.25) is 10.0 Å². The van der Waals surface area contributed by atoms with Crippen molar-refractivity contribution in [1.29, 1.82) is 0 Å². The highest BCUT2D eigenvalue weighted by Gasteiger charge is 2.16. The molecule has 0 radical (unpaired) electrons. The van der Waals surface area contributed by atoms with Gasteiger partial charge in [0, 0.05) is 11.6 Å². The van der Waals surface area contributed by atoms with Gasteiger partial charge in [0.1, 0.15) is 4.99 Å². The summed E-state index contributed by atoms with van der Waals surface area (Å²) >= 11 is 4.86. The molecule has 0 saturated carbocycles. The van der Waals surface area contributed by atoms with E-state index in [2.05, 4.69) is 4.72 Å². The highest BCUT2D eigenvalue weighted by molar-refractivity contribution is 7.88. The summed E-state index contributed by atoms with van der Waals surface area (Å²) in [4.78, 5) is 0.312. The maximum Gasteiger partial charge on any atom is 0.216 e. The van der Waals surface area contributed by atoms with Crippen LogP contribution in [0.4, 0.5) is 0 Å². The molecule has 1 aromatic carbocycles. The van der Waals surface area contributed by atoms with Crippen LogP contribution in [0.5, 0.6) is 0 Å². The number of hydrogen-bond donors (Lipinski definition) is 2. The molecule has 0 spiro atoms. The minimum Gasteiger partial charge on any atom is -0.389 e. The zero-order valence-corrected chi connectivity index (χ0v) is 13.6. The van der Waals surface area contributed by atoms with Gasteiger partial charge in [-0.2, -0.15) is 0 Å². The molecule has 0 heterocycles. The van der Waals surface area contributed by atoms with Gasteiger partial charge in [0.15, 0.2) is 0 Å². The Bertz CT molecular complexity index is 539. The zero-order chi connectivity index (χ0) is 15.2. The van der Waals surface area contributed by atoms with Crippen molar-refractivity contribution in [3.63, 3.8) is 0 Å². The summed E-state index contributed by atoms with van der Waals surface area (Å²) in [6.45, 7) is 4.03. The lowest BCUT2D eigenvalue weighted by atomic mass is 10.1. The number of hydrogen-bond acceptors (Lipinski definition) is 3. The lowest BCUT2D eigenvalue weighted by molar-refractivity contribution is 0.512. The second-order valence-electron chi connectivity index (χ2n) is 4.83. The van der Waals surface area contributed by atoms with Crippen molar-refractivity contribution in [2.45, 2.75) is 44.9 Å².